The van der Waals surface area contributed by atoms with Gasteiger partial charge in [-0.2, -0.15) is 5.26 Å². The van der Waals surface area contributed by atoms with Crippen LogP contribution in [0.1, 0.15) is 43.9 Å². The van der Waals surface area contributed by atoms with Crippen LogP contribution in [0.2, 0.25) is 0 Å². The fourth-order valence-corrected chi connectivity index (χ4v) is 1.59. The Bertz CT molecular complexity index is 610. The summed E-state index contributed by atoms with van der Waals surface area (Å²) in [6.07, 6.45) is 0.0853. The number of benzene rings is 1. The van der Waals surface area contributed by atoms with Gasteiger partial charge in [0.15, 0.2) is 0 Å². The Hall–Kier alpha value is -2.46. The first-order chi connectivity index (χ1) is 9.83. The Morgan fingerprint density at radius 3 is 2.62 bits per heavy atom. The summed E-state index contributed by atoms with van der Waals surface area (Å²) < 4.78 is 5.12. The molecule has 1 amide bonds. The highest BCUT2D eigenvalue weighted by atomic mass is 16.6. The lowest BCUT2D eigenvalue weighted by atomic mass is 10.0. The normalized spacial score (nSPS) is 10.0. The van der Waals surface area contributed by atoms with E-state index < -0.39 is 11.7 Å². The molecule has 1 aromatic carbocycles. The molecular formula is C17H20N2O2. The molecule has 0 aliphatic carbocycles. The second-order valence-corrected chi connectivity index (χ2v) is 5.57. The van der Waals surface area contributed by atoms with E-state index in [1.54, 1.807) is 6.07 Å². The molecule has 0 aliphatic rings. The molecule has 4 nitrogen and oxygen atoms in total. The van der Waals surface area contributed by atoms with Gasteiger partial charge in [-0.1, -0.05) is 17.9 Å². The van der Waals surface area contributed by atoms with Gasteiger partial charge < -0.3 is 10.1 Å². The molecule has 0 radical (unpaired) electrons. The van der Waals surface area contributed by atoms with Gasteiger partial charge in [-0.25, -0.2) is 4.79 Å². The van der Waals surface area contributed by atoms with Crippen molar-refractivity contribution >= 4 is 6.09 Å². The zero-order valence-corrected chi connectivity index (χ0v) is 12.9. The average molecular weight is 284 g/mol. The summed E-state index contributed by atoms with van der Waals surface area (Å²) >= 11 is 0. The molecule has 0 spiro atoms. The van der Waals surface area contributed by atoms with Crippen LogP contribution in [-0.4, -0.2) is 18.2 Å². The number of nitrogens with zero attached hydrogens (tertiary/aromatic N) is 1. The van der Waals surface area contributed by atoms with Crippen LogP contribution in [0.25, 0.3) is 0 Å². The van der Waals surface area contributed by atoms with E-state index in [2.05, 4.69) is 23.2 Å². The first-order valence-corrected chi connectivity index (χ1v) is 6.79. The molecule has 0 fully saturated rings. The maximum absolute atomic E-state index is 11.4. The van der Waals surface area contributed by atoms with E-state index in [9.17, 15) is 4.79 Å². The molecule has 21 heavy (non-hydrogen) atoms. The van der Waals surface area contributed by atoms with Gasteiger partial charge in [-0.15, -0.1) is 0 Å². The number of carbonyl (C=O) groups excluding carboxylic acids is 1. The van der Waals surface area contributed by atoms with Crippen LogP contribution in [0, 0.1) is 30.1 Å². The molecule has 0 atom stereocenters. The zero-order valence-electron chi connectivity index (χ0n) is 12.9. The predicted molar refractivity (Wildman–Crippen MR) is 81.6 cm³/mol. The van der Waals surface area contributed by atoms with Crippen LogP contribution < -0.4 is 5.32 Å². The van der Waals surface area contributed by atoms with Crippen molar-refractivity contribution in [3.8, 4) is 17.9 Å². The lowest BCUT2D eigenvalue weighted by Crippen LogP contribution is -2.32. The highest BCUT2D eigenvalue weighted by Crippen LogP contribution is 2.11. The van der Waals surface area contributed by atoms with Crippen molar-refractivity contribution in [2.45, 2.75) is 39.7 Å². The van der Waals surface area contributed by atoms with E-state index in [0.29, 0.717) is 18.5 Å². The number of alkyl carbamates (subject to hydrolysis) is 1. The Morgan fingerprint density at radius 1 is 1.33 bits per heavy atom. The van der Waals surface area contributed by atoms with Crippen LogP contribution in [-0.2, 0) is 4.74 Å². The van der Waals surface area contributed by atoms with Crippen LogP contribution in [0.3, 0.4) is 0 Å². The van der Waals surface area contributed by atoms with Crippen molar-refractivity contribution in [1.29, 1.82) is 5.26 Å². The number of hydrogen-bond acceptors (Lipinski definition) is 3. The minimum absolute atomic E-state index is 0.429. The maximum atomic E-state index is 11.4. The molecular weight excluding hydrogens is 264 g/mol. The molecule has 1 aromatic rings. The largest absolute Gasteiger partial charge is 0.444 e. The zero-order chi connectivity index (χ0) is 15.9. The first kappa shape index (κ1) is 16.6. The van der Waals surface area contributed by atoms with Crippen molar-refractivity contribution in [2.24, 2.45) is 0 Å². The lowest BCUT2D eigenvalue weighted by molar-refractivity contribution is 0.0529. The minimum atomic E-state index is -0.495. The van der Waals surface area contributed by atoms with Gasteiger partial charge in [0.05, 0.1) is 11.6 Å². The van der Waals surface area contributed by atoms with Crippen molar-refractivity contribution in [1.82, 2.24) is 5.32 Å². The number of carbonyl (C=O) groups is 1. The third-order valence-corrected chi connectivity index (χ3v) is 2.60. The minimum Gasteiger partial charge on any atom is -0.444 e. The lowest BCUT2D eigenvalue weighted by Gasteiger charge is -2.19. The molecule has 0 saturated heterocycles. The summed E-state index contributed by atoms with van der Waals surface area (Å²) in [7, 11) is 0. The van der Waals surface area contributed by atoms with E-state index in [4.69, 9.17) is 10.00 Å². The SMILES string of the molecule is Cc1c(C#N)cccc1C#CCCNC(=O)OC(C)(C)C. The molecule has 1 N–H and O–H groups in total. The number of rotatable bonds is 2. The summed E-state index contributed by atoms with van der Waals surface area (Å²) in [5, 5.41) is 11.6. The predicted octanol–water partition coefficient (Wildman–Crippen LogP) is 3.13. The first-order valence-electron chi connectivity index (χ1n) is 6.79. The quantitative estimate of drug-likeness (QED) is 0.670. The Labute approximate surface area is 126 Å². The Balaban J connectivity index is 2.48. The van der Waals surface area contributed by atoms with E-state index in [1.165, 1.54) is 0 Å². The molecule has 110 valence electrons. The summed E-state index contributed by atoms with van der Waals surface area (Å²) in [6, 6.07) is 7.59. The topological polar surface area (TPSA) is 62.1 Å². The van der Waals surface area contributed by atoms with E-state index in [0.717, 1.165) is 11.1 Å². The number of amides is 1. The second-order valence-electron chi connectivity index (χ2n) is 5.57. The van der Waals surface area contributed by atoms with Crippen LogP contribution in [0.4, 0.5) is 4.79 Å². The van der Waals surface area contributed by atoms with Crippen LogP contribution in [0.15, 0.2) is 18.2 Å². The molecule has 0 saturated carbocycles. The van der Waals surface area contributed by atoms with Gasteiger partial charge in [-0.05, 0) is 45.4 Å². The summed E-state index contributed by atoms with van der Waals surface area (Å²) in [5.41, 5.74) is 1.86. The van der Waals surface area contributed by atoms with Crippen molar-refractivity contribution in [3.63, 3.8) is 0 Å². The third-order valence-electron chi connectivity index (χ3n) is 2.60. The van der Waals surface area contributed by atoms with Crippen molar-refractivity contribution in [3.05, 3.63) is 34.9 Å². The number of nitriles is 1. The fraction of sp³-hybridized carbons (Fsp3) is 0.412. The molecule has 1 rings (SSSR count). The van der Waals surface area contributed by atoms with Gasteiger partial charge in [0.1, 0.15) is 5.60 Å². The summed E-state index contributed by atoms with van der Waals surface area (Å²) in [6.45, 7) is 7.76. The molecule has 4 heteroatoms. The van der Waals surface area contributed by atoms with Gasteiger partial charge in [0.25, 0.3) is 0 Å². The van der Waals surface area contributed by atoms with Gasteiger partial charge >= 0.3 is 6.09 Å². The fourth-order valence-electron chi connectivity index (χ4n) is 1.59. The van der Waals surface area contributed by atoms with Crippen molar-refractivity contribution < 1.29 is 9.53 Å². The van der Waals surface area contributed by atoms with Crippen molar-refractivity contribution in [2.75, 3.05) is 6.54 Å². The molecule has 0 unspecified atom stereocenters. The Morgan fingerprint density at radius 2 is 2.00 bits per heavy atom. The summed E-state index contributed by atoms with van der Waals surface area (Å²) in [4.78, 5) is 11.4. The Kier molecular flexibility index (Phi) is 5.81. The molecule has 0 aromatic heterocycles. The second kappa shape index (κ2) is 7.36. The average Bonchev–Trinajstić information content (AvgIpc) is 2.38. The molecule has 0 aliphatic heterocycles. The standard InChI is InChI=1S/C17H20N2O2/c1-13-14(9-7-10-15(13)12-18)8-5-6-11-19-16(20)21-17(2,3)4/h7,9-10H,6,11H2,1-4H3,(H,19,20). The smallest absolute Gasteiger partial charge is 0.407 e. The summed E-state index contributed by atoms with van der Waals surface area (Å²) in [5.74, 6) is 6.00. The molecule has 0 heterocycles. The van der Waals surface area contributed by atoms with E-state index >= 15 is 0 Å². The highest BCUT2D eigenvalue weighted by molar-refractivity contribution is 5.67. The molecule has 0 bridgehead atoms. The van der Waals surface area contributed by atoms with Gasteiger partial charge in [0, 0.05) is 18.5 Å². The number of hydrogen-bond donors (Lipinski definition) is 1. The van der Waals surface area contributed by atoms with Crippen LogP contribution >= 0.6 is 0 Å². The monoisotopic (exact) mass is 284 g/mol. The van der Waals surface area contributed by atoms with Gasteiger partial charge in [0.2, 0.25) is 0 Å². The van der Waals surface area contributed by atoms with Gasteiger partial charge in [-0.3, -0.25) is 0 Å². The number of ether oxygens (including phenoxy) is 1. The van der Waals surface area contributed by atoms with Crippen LogP contribution in [0.5, 0.6) is 0 Å². The highest BCUT2D eigenvalue weighted by Gasteiger charge is 2.15. The number of nitrogens with one attached hydrogen (secondary N) is 1. The third kappa shape index (κ3) is 6.01. The maximum Gasteiger partial charge on any atom is 0.407 e. The van der Waals surface area contributed by atoms with E-state index in [-0.39, 0.29) is 0 Å². The van der Waals surface area contributed by atoms with E-state index in [1.807, 2.05) is 39.8 Å².